The maximum absolute atomic E-state index is 13.9. The molecule has 0 spiro atoms. The van der Waals surface area contributed by atoms with Crippen molar-refractivity contribution in [3.8, 4) is 5.75 Å². The van der Waals surface area contributed by atoms with Crippen LogP contribution in [0.2, 0.25) is 10.0 Å². The van der Waals surface area contributed by atoms with Gasteiger partial charge in [0.25, 0.3) is 15.9 Å². The Bertz CT molecular complexity index is 2360. The van der Waals surface area contributed by atoms with E-state index in [9.17, 15) is 22.8 Å². The fourth-order valence-electron chi connectivity index (χ4n) is 6.67. The van der Waals surface area contributed by atoms with E-state index in [0.717, 1.165) is 47.9 Å². The van der Waals surface area contributed by atoms with E-state index in [1.165, 1.54) is 28.1 Å². The van der Waals surface area contributed by atoms with Crippen molar-refractivity contribution >= 4 is 79.4 Å². The molecule has 5 aromatic rings. The molecule has 11 nitrogen and oxygen atoms in total. The minimum atomic E-state index is -4.08. The Morgan fingerprint density at radius 2 is 1.32 bits per heavy atom. The number of carbonyl (C=O) groups is 3. The molecule has 0 bridgehead atoms. The zero-order chi connectivity index (χ0) is 39.2. The zero-order valence-electron chi connectivity index (χ0n) is 30.3. The molecular weight excluding hydrogens is 773 g/mol. The summed E-state index contributed by atoms with van der Waals surface area (Å²) >= 11 is 11.9. The Kier molecular flexibility index (Phi) is 11.8. The molecule has 2 N–H and O–H groups in total. The fraction of sp³-hybridized carbons (Fsp3) is 0.214. The van der Waals surface area contributed by atoms with Crippen molar-refractivity contribution in [2.75, 3.05) is 44.4 Å². The summed E-state index contributed by atoms with van der Waals surface area (Å²) in [5.74, 6) is 0.278. The summed E-state index contributed by atoms with van der Waals surface area (Å²) in [4.78, 5) is 39.4. The first-order valence-electron chi connectivity index (χ1n) is 18.2. The van der Waals surface area contributed by atoms with E-state index in [-0.39, 0.29) is 35.8 Å². The molecule has 3 aliphatic rings. The van der Waals surface area contributed by atoms with Crippen LogP contribution in [0.5, 0.6) is 5.75 Å². The van der Waals surface area contributed by atoms with Gasteiger partial charge in [-0.25, -0.2) is 8.42 Å². The fourth-order valence-corrected chi connectivity index (χ4v) is 8.39. The van der Waals surface area contributed by atoms with Crippen LogP contribution in [0, 0.1) is 0 Å². The van der Waals surface area contributed by atoms with Crippen LogP contribution in [0.3, 0.4) is 0 Å². The van der Waals surface area contributed by atoms with Crippen LogP contribution in [0.1, 0.15) is 36.8 Å². The lowest BCUT2D eigenvalue weighted by Gasteiger charge is -2.27. The Balaban J connectivity index is 0.000000195. The van der Waals surface area contributed by atoms with E-state index in [2.05, 4.69) is 10.6 Å². The van der Waals surface area contributed by atoms with E-state index in [4.69, 9.17) is 27.9 Å². The van der Waals surface area contributed by atoms with Crippen molar-refractivity contribution in [2.24, 2.45) is 0 Å². The minimum absolute atomic E-state index is 0.00124. The molecule has 0 unspecified atom stereocenters. The topological polar surface area (TPSA) is 128 Å². The Labute approximate surface area is 335 Å². The highest BCUT2D eigenvalue weighted by Gasteiger charge is 2.29. The summed E-state index contributed by atoms with van der Waals surface area (Å²) < 4.78 is 34.5. The van der Waals surface area contributed by atoms with Gasteiger partial charge in [0.2, 0.25) is 11.8 Å². The lowest BCUT2D eigenvalue weighted by Crippen LogP contribution is -2.31. The van der Waals surface area contributed by atoms with Gasteiger partial charge in [-0.15, -0.1) is 0 Å². The molecule has 2 saturated heterocycles. The zero-order valence-corrected chi connectivity index (χ0v) is 32.6. The normalized spacial score (nSPS) is 15.1. The molecule has 0 aromatic heterocycles. The van der Waals surface area contributed by atoms with Crippen LogP contribution in [0.15, 0.2) is 120 Å². The number of amides is 3. The maximum atomic E-state index is 13.9. The summed E-state index contributed by atoms with van der Waals surface area (Å²) in [5.41, 5.74) is 5.24. The number of anilines is 5. The van der Waals surface area contributed by atoms with Gasteiger partial charge in [-0.2, -0.15) is 0 Å². The number of nitrogens with one attached hydrogen (secondary N) is 2. The molecule has 0 saturated carbocycles. The van der Waals surface area contributed by atoms with Crippen molar-refractivity contribution in [2.45, 2.75) is 43.7 Å². The lowest BCUT2D eigenvalue weighted by atomic mass is 10.2. The molecule has 3 amide bonds. The molecule has 288 valence electrons. The average molecular weight is 813 g/mol. The SMILES string of the molecule is O=C1CCCN1c1cccc(NCc2ccc(Cl)cc2)c1.O=C1COc2ccc(S(=O)(=O)N(Cc3ccc(Cl)cc3)c3cccc(N4CCCC4=O)c3)cc2N1. The molecule has 56 heavy (non-hydrogen) atoms. The standard InChI is InChI=1S/C25H22ClN3O5S.C17H17ClN2O/c26-18-8-6-17(7-9-18)15-29(20-4-1-3-19(13-20)28-12-2-5-25(28)31)35(32,33)21-10-11-23-22(14-21)27-24(30)16-34-23;18-14-8-6-13(7-9-14)12-19-15-3-1-4-16(11-15)20-10-2-5-17(20)21/h1,3-4,6-11,13-14H,2,5,12,15-16H2,(H,27,30);1,3-4,6-9,11,19H,2,5,10,12H2. The number of fused-ring (bicyclic) bond motifs is 1. The van der Waals surface area contributed by atoms with Crippen LogP contribution in [-0.2, 0) is 37.5 Å². The number of sulfonamides is 1. The molecule has 0 atom stereocenters. The first kappa shape index (κ1) is 38.7. The predicted molar refractivity (Wildman–Crippen MR) is 220 cm³/mol. The average Bonchev–Trinajstić information content (AvgIpc) is 3.85. The molecule has 8 rings (SSSR count). The van der Waals surface area contributed by atoms with Crippen molar-refractivity contribution in [1.29, 1.82) is 0 Å². The largest absolute Gasteiger partial charge is 0.482 e. The van der Waals surface area contributed by atoms with E-state index in [0.29, 0.717) is 47.2 Å². The second-order valence-electron chi connectivity index (χ2n) is 13.5. The van der Waals surface area contributed by atoms with Gasteiger partial charge >= 0.3 is 0 Å². The third-order valence-corrected chi connectivity index (χ3v) is 11.8. The Morgan fingerprint density at radius 1 is 0.714 bits per heavy atom. The first-order chi connectivity index (χ1) is 27.0. The van der Waals surface area contributed by atoms with Crippen molar-refractivity contribution in [1.82, 2.24) is 0 Å². The number of nitrogens with zero attached hydrogens (tertiary/aromatic N) is 3. The Morgan fingerprint density at radius 3 is 1.95 bits per heavy atom. The number of ether oxygens (including phenoxy) is 1. The molecular formula is C42H39Cl2N5O6S. The minimum Gasteiger partial charge on any atom is -0.482 e. The molecule has 0 aliphatic carbocycles. The lowest BCUT2D eigenvalue weighted by molar-refractivity contribution is -0.119. The number of hydrogen-bond acceptors (Lipinski definition) is 7. The quantitative estimate of drug-likeness (QED) is 0.145. The van der Waals surface area contributed by atoms with Gasteiger partial charge in [0.1, 0.15) is 5.75 Å². The highest BCUT2D eigenvalue weighted by molar-refractivity contribution is 7.92. The summed E-state index contributed by atoms with van der Waals surface area (Å²) in [5, 5.41) is 7.32. The van der Waals surface area contributed by atoms with Crippen LogP contribution in [-0.4, -0.2) is 45.8 Å². The number of hydrogen-bond donors (Lipinski definition) is 2. The monoisotopic (exact) mass is 811 g/mol. The number of rotatable bonds is 10. The summed E-state index contributed by atoms with van der Waals surface area (Å²) in [7, 11) is -4.08. The summed E-state index contributed by atoms with van der Waals surface area (Å²) in [6.07, 6.45) is 2.84. The summed E-state index contributed by atoms with van der Waals surface area (Å²) in [6, 6.07) is 34.0. The molecule has 3 aliphatic heterocycles. The van der Waals surface area contributed by atoms with Crippen molar-refractivity contribution < 1.29 is 27.5 Å². The van der Waals surface area contributed by atoms with E-state index in [1.54, 1.807) is 53.4 Å². The van der Waals surface area contributed by atoms with E-state index in [1.807, 2.05) is 53.4 Å². The smallest absolute Gasteiger partial charge is 0.264 e. The molecule has 5 aromatic carbocycles. The molecule has 14 heteroatoms. The second-order valence-corrected chi connectivity index (χ2v) is 16.2. The molecule has 2 fully saturated rings. The van der Waals surface area contributed by atoms with Crippen molar-refractivity contribution in [3.63, 3.8) is 0 Å². The van der Waals surface area contributed by atoms with E-state index >= 15 is 0 Å². The number of benzene rings is 5. The van der Waals surface area contributed by atoms with Crippen LogP contribution in [0.4, 0.5) is 28.4 Å². The van der Waals surface area contributed by atoms with Gasteiger partial charge in [-0.3, -0.25) is 18.7 Å². The van der Waals surface area contributed by atoms with E-state index < -0.39 is 10.0 Å². The van der Waals surface area contributed by atoms with Crippen molar-refractivity contribution in [3.05, 3.63) is 136 Å². The van der Waals surface area contributed by atoms with Gasteiger partial charge in [-0.1, -0.05) is 59.6 Å². The highest BCUT2D eigenvalue weighted by atomic mass is 35.5. The predicted octanol–water partition coefficient (Wildman–Crippen LogP) is 8.27. The molecule has 0 radical (unpaired) electrons. The Hall–Kier alpha value is -5.56. The van der Waals surface area contributed by atoms with Gasteiger partial charge in [-0.05, 0) is 103 Å². The van der Waals surface area contributed by atoms with Gasteiger partial charge < -0.3 is 25.2 Å². The highest BCUT2D eigenvalue weighted by Crippen LogP contribution is 2.35. The number of halogens is 2. The van der Waals surface area contributed by atoms with Gasteiger partial charge in [0.05, 0.1) is 22.8 Å². The third kappa shape index (κ3) is 9.10. The van der Waals surface area contributed by atoms with Gasteiger partial charge in [0, 0.05) is 59.6 Å². The third-order valence-electron chi connectivity index (χ3n) is 9.56. The maximum Gasteiger partial charge on any atom is 0.264 e. The van der Waals surface area contributed by atoms with Crippen LogP contribution in [0.25, 0.3) is 0 Å². The molecule has 3 heterocycles. The van der Waals surface area contributed by atoms with Crippen LogP contribution < -0.4 is 29.5 Å². The van der Waals surface area contributed by atoms with Crippen LogP contribution >= 0.6 is 23.2 Å². The number of carbonyl (C=O) groups excluding carboxylic acids is 3. The first-order valence-corrected chi connectivity index (χ1v) is 20.4. The summed E-state index contributed by atoms with van der Waals surface area (Å²) in [6.45, 7) is 2.06. The van der Waals surface area contributed by atoms with Gasteiger partial charge in [0.15, 0.2) is 6.61 Å². The second kappa shape index (κ2) is 17.1.